The van der Waals surface area contributed by atoms with Gasteiger partial charge in [0.05, 0.1) is 11.1 Å². The largest absolute Gasteiger partial charge is 0.478 e. The molecule has 0 aliphatic heterocycles. The molecule has 0 aliphatic rings. The van der Waals surface area contributed by atoms with E-state index in [4.69, 9.17) is 5.11 Å². The molecule has 1 aromatic carbocycles. The third kappa shape index (κ3) is 3.79. The number of nitrogens with one attached hydrogen (secondary N) is 2. The number of carbonyl (C=O) groups excluding carboxylic acids is 1. The number of amides is 1. The first kappa shape index (κ1) is 15.2. The molecule has 1 rings (SSSR count). The minimum absolute atomic E-state index is 0.156. The maximum Gasteiger partial charge on any atom is 0.335 e. The summed E-state index contributed by atoms with van der Waals surface area (Å²) in [5.74, 6) is -1.12. The van der Waals surface area contributed by atoms with Crippen molar-refractivity contribution in [2.24, 2.45) is 0 Å². The van der Waals surface area contributed by atoms with Crippen molar-refractivity contribution in [1.29, 1.82) is 0 Å². The van der Waals surface area contributed by atoms with Gasteiger partial charge in [-0.15, -0.1) is 0 Å². The summed E-state index contributed by atoms with van der Waals surface area (Å²) in [5.41, 5.74) is 0.780. The van der Waals surface area contributed by atoms with E-state index in [-0.39, 0.29) is 11.5 Å². The van der Waals surface area contributed by atoms with Crippen LogP contribution in [-0.4, -0.2) is 29.1 Å². The summed E-state index contributed by atoms with van der Waals surface area (Å²) >= 11 is 0. The fourth-order valence-electron chi connectivity index (χ4n) is 1.79. The summed E-state index contributed by atoms with van der Waals surface area (Å²) in [4.78, 5) is 23.0. The molecular weight excluding hydrogens is 244 g/mol. The second-order valence-electron chi connectivity index (χ2n) is 4.94. The van der Waals surface area contributed by atoms with E-state index < -0.39 is 11.5 Å². The predicted molar refractivity (Wildman–Crippen MR) is 74.5 cm³/mol. The van der Waals surface area contributed by atoms with Gasteiger partial charge in [-0.05, 0) is 51.1 Å². The van der Waals surface area contributed by atoms with E-state index in [0.717, 1.165) is 0 Å². The van der Waals surface area contributed by atoms with Gasteiger partial charge in [0, 0.05) is 5.69 Å². The van der Waals surface area contributed by atoms with E-state index in [9.17, 15) is 9.59 Å². The van der Waals surface area contributed by atoms with Gasteiger partial charge in [-0.25, -0.2) is 4.79 Å². The summed E-state index contributed by atoms with van der Waals surface area (Å²) in [6.07, 6.45) is 0. The Morgan fingerprint density at radius 1 is 1.32 bits per heavy atom. The van der Waals surface area contributed by atoms with E-state index in [1.165, 1.54) is 6.07 Å². The molecule has 0 fully saturated rings. The van der Waals surface area contributed by atoms with Crippen LogP contribution in [0.25, 0.3) is 0 Å². The van der Waals surface area contributed by atoms with Crippen molar-refractivity contribution in [3.63, 3.8) is 0 Å². The zero-order valence-corrected chi connectivity index (χ0v) is 11.7. The Labute approximate surface area is 113 Å². The summed E-state index contributed by atoms with van der Waals surface area (Å²) in [6.45, 7) is 7.92. The van der Waals surface area contributed by atoms with E-state index >= 15 is 0 Å². The van der Waals surface area contributed by atoms with Crippen LogP contribution in [0, 0.1) is 6.92 Å². The molecular formula is C14H20N2O3. The Kier molecular flexibility index (Phi) is 4.67. The van der Waals surface area contributed by atoms with Crippen molar-refractivity contribution in [3.05, 3.63) is 29.3 Å². The van der Waals surface area contributed by atoms with Gasteiger partial charge >= 0.3 is 5.97 Å². The number of benzene rings is 1. The van der Waals surface area contributed by atoms with Crippen molar-refractivity contribution in [3.8, 4) is 0 Å². The van der Waals surface area contributed by atoms with Gasteiger partial charge in [0.1, 0.15) is 0 Å². The highest BCUT2D eigenvalue weighted by Gasteiger charge is 2.26. The maximum absolute atomic E-state index is 12.1. The first-order valence-corrected chi connectivity index (χ1v) is 6.18. The molecule has 104 valence electrons. The average molecular weight is 264 g/mol. The van der Waals surface area contributed by atoms with E-state index in [1.807, 2.05) is 6.92 Å². The molecule has 0 unspecified atom stereocenters. The van der Waals surface area contributed by atoms with Crippen molar-refractivity contribution in [2.75, 3.05) is 11.9 Å². The zero-order chi connectivity index (χ0) is 14.6. The average Bonchev–Trinajstić information content (AvgIpc) is 2.28. The molecule has 0 aliphatic carbocycles. The fourth-order valence-corrected chi connectivity index (χ4v) is 1.79. The number of carbonyl (C=O) groups is 2. The van der Waals surface area contributed by atoms with Crippen LogP contribution in [0.4, 0.5) is 5.69 Å². The summed E-state index contributed by atoms with van der Waals surface area (Å²) in [6, 6.07) is 4.74. The highest BCUT2D eigenvalue weighted by molar-refractivity contribution is 5.98. The quantitative estimate of drug-likeness (QED) is 0.760. The standard InChI is InChI=1S/C14H20N2O3/c1-5-15-14(3,4)13(19)16-10-6-7-11(12(17)18)9(2)8-10/h6-8,15H,5H2,1-4H3,(H,16,19)(H,17,18). The minimum Gasteiger partial charge on any atom is -0.478 e. The fraction of sp³-hybridized carbons (Fsp3) is 0.429. The Hall–Kier alpha value is -1.88. The van der Waals surface area contributed by atoms with Gasteiger partial charge in [0.25, 0.3) is 0 Å². The molecule has 0 aromatic heterocycles. The van der Waals surface area contributed by atoms with Crippen LogP contribution in [0.5, 0.6) is 0 Å². The Morgan fingerprint density at radius 3 is 2.42 bits per heavy atom. The molecule has 1 aromatic rings. The Balaban J connectivity index is 2.87. The molecule has 0 heterocycles. The molecule has 19 heavy (non-hydrogen) atoms. The lowest BCUT2D eigenvalue weighted by Crippen LogP contribution is -2.49. The number of aryl methyl sites for hydroxylation is 1. The number of carboxylic acids is 1. The first-order chi connectivity index (χ1) is 8.77. The third-order valence-electron chi connectivity index (χ3n) is 2.90. The van der Waals surface area contributed by atoms with E-state index in [2.05, 4.69) is 10.6 Å². The van der Waals surface area contributed by atoms with Gasteiger partial charge in [0.15, 0.2) is 0 Å². The van der Waals surface area contributed by atoms with E-state index in [0.29, 0.717) is 17.8 Å². The molecule has 0 radical (unpaired) electrons. The molecule has 0 saturated carbocycles. The number of rotatable bonds is 5. The lowest BCUT2D eigenvalue weighted by molar-refractivity contribution is -0.121. The summed E-state index contributed by atoms with van der Waals surface area (Å²) < 4.78 is 0. The van der Waals surface area contributed by atoms with Gasteiger partial charge in [-0.3, -0.25) is 4.79 Å². The molecule has 0 bridgehead atoms. The summed E-state index contributed by atoms with van der Waals surface area (Å²) in [5, 5.41) is 14.8. The number of anilines is 1. The SMILES string of the molecule is CCNC(C)(C)C(=O)Nc1ccc(C(=O)O)c(C)c1. The molecule has 0 atom stereocenters. The van der Waals surface area contributed by atoms with Crippen LogP contribution in [-0.2, 0) is 4.79 Å². The Morgan fingerprint density at radius 2 is 1.95 bits per heavy atom. The van der Waals surface area contributed by atoms with Crippen molar-refractivity contribution in [1.82, 2.24) is 5.32 Å². The molecule has 0 spiro atoms. The van der Waals surface area contributed by atoms with Crippen molar-refractivity contribution >= 4 is 17.6 Å². The van der Waals surface area contributed by atoms with Gasteiger partial charge in [-0.2, -0.15) is 0 Å². The molecule has 3 N–H and O–H groups in total. The Bertz CT molecular complexity index is 495. The number of carboxylic acid groups (broad SMARTS) is 1. The smallest absolute Gasteiger partial charge is 0.335 e. The van der Waals surface area contributed by atoms with Gasteiger partial charge < -0.3 is 15.7 Å². The normalized spacial score (nSPS) is 11.2. The topological polar surface area (TPSA) is 78.4 Å². The van der Waals surface area contributed by atoms with Crippen LogP contribution in [0.2, 0.25) is 0 Å². The van der Waals surface area contributed by atoms with E-state index in [1.54, 1.807) is 32.9 Å². The van der Waals surface area contributed by atoms with Crippen molar-refractivity contribution < 1.29 is 14.7 Å². The van der Waals surface area contributed by atoms with Crippen LogP contribution in [0.15, 0.2) is 18.2 Å². The molecule has 0 saturated heterocycles. The lowest BCUT2D eigenvalue weighted by Gasteiger charge is -2.24. The molecule has 5 nitrogen and oxygen atoms in total. The second kappa shape index (κ2) is 5.84. The predicted octanol–water partition coefficient (Wildman–Crippen LogP) is 2.02. The second-order valence-corrected chi connectivity index (χ2v) is 4.94. The van der Waals surface area contributed by atoms with Gasteiger partial charge in [0.2, 0.25) is 5.91 Å². The van der Waals surface area contributed by atoms with Crippen LogP contribution < -0.4 is 10.6 Å². The molecule has 5 heteroatoms. The number of hydrogen-bond acceptors (Lipinski definition) is 3. The highest BCUT2D eigenvalue weighted by Crippen LogP contribution is 2.16. The summed E-state index contributed by atoms with van der Waals surface area (Å²) in [7, 11) is 0. The third-order valence-corrected chi connectivity index (χ3v) is 2.90. The van der Waals surface area contributed by atoms with Crippen LogP contribution >= 0.6 is 0 Å². The number of likely N-dealkylation sites (N-methyl/N-ethyl adjacent to an activating group) is 1. The first-order valence-electron chi connectivity index (χ1n) is 6.18. The van der Waals surface area contributed by atoms with Crippen LogP contribution in [0.1, 0.15) is 36.7 Å². The number of hydrogen-bond donors (Lipinski definition) is 3. The maximum atomic E-state index is 12.1. The lowest BCUT2D eigenvalue weighted by atomic mass is 10.0. The number of aromatic carboxylic acids is 1. The van der Waals surface area contributed by atoms with Crippen molar-refractivity contribution in [2.45, 2.75) is 33.2 Å². The zero-order valence-electron chi connectivity index (χ0n) is 11.7. The molecule has 1 amide bonds. The van der Waals surface area contributed by atoms with Gasteiger partial charge in [-0.1, -0.05) is 6.92 Å². The van der Waals surface area contributed by atoms with Crippen LogP contribution in [0.3, 0.4) is 0 Å². The highest BCUT2D eigenvalue weighted by atomic mass is 16.4. The minimum atomic E-state index is -0.969. The monoisotopic (exact) mass is 264 g/mol.